The van der Waals surface area contributed by atoms with Gasteiger partial charge in [0.2, 0.25) is 0 Å². The third kappa shape index (κ3) is 2.88. The molecule has 104 valence electrons. The van der Waals surface area contributed by atoms with E-state index >= 15 is 0 Å². The second-order valence-corrected chi connectivity index (χ2v) is 5.72. The van der Waals surface area contributed by atoms with Gasteiger partial charge in [0.15, 0.2) is 5.78 Å². The molecule has 21 heavy (non-hydrogen) atoms. The minimum Gasteiger partial charge on any atom is -0.294 e. The summed E-state index contributed by atoms with van der Waals surface area (Å²) in [6.45, 7) is 0. The van der Waals surface area contributed by atoms with E-state index in [9.17, 15) is 9.18 Å². The number of hydrogen-bond donors (Lipinski definition) is 0. The van der Waals surface area contributed by atoms with Crippen LogP contribution in [0.5, 0.6) is 0 Å². The average Bonchev–Trinajstić information content (AvgIpc) is 2.50. The smallest absolute Gasteiger partial charge is 0.167 e. The Labute approximate surface area is 130 Å². The van der Waals surface area contributed by atoms with Crippen molar-refractivity contribution in [2.24, 2.45) is 0 Å². The number of hydrogen-bond acceptors (Lipinski definition) is 1. The lowest BCUT2D eigenvalue weighted by Gasteiger charge is -2.06. The number of halogens is 2. The molecule has 0 saturated carbocycles. The van der Waals surface area contributed by atoms with Crippen LogP contribution in [0.3, 0.4) is 0 Å². The average molecular weight is 343 g/mol. The van der Waals surface area contributed by atoms with Gasteiger partial charge in [0.05, 0.1) is 4.47 Å². The van der Waals surface area contributed by atoms with Gasteiger partial charge >= 0.3 is 0 Å². The summed E-state index contributed by atoms with van der Waals surface area (Å²) in [5, 5.41) is 2.16. The highest BCUT2D eigenvalue weighted by Gasteiger charge is 2.11. The summed E-state index contributed by atoms with van der Waals surface area (Å²) < 4.78 is 13.9. The number of rotatable bonds is 3. The lowest BCUT2D eigenvalue weighted by atomic mass is 9.98. The quantitative estimate of drug-likeness (QED) is 0.600. The summed E-state index contributed by atoms with van der Waals surface area (Å²) in [6.07, 6.45) is 0.266. The third-order valence-electron chi connectivity index (χ3n) is 3.47. The van der Waals surface area contributed by atoms with Crippen molar-refractivity contribution < 1.29 is 9.18 Å². The van der Waals surface area contributed by atoms with Gasteiger partial charge in [0.25, 0.3) is 0 Å². The highest BCUT2D eigenvalue weighted by molar-refractivity contribution is 9.10. The predicted octanol–water partition coefficient (Wildman–Crippen LogP) is 5.17. The van der Waals surface area contributed by atoms with Gasteiger partial charge in [-0.2, -0.15) is 0 Å². The van der Waals surface area contributed by atoms with Crippen molar-refractivity contribution in [1.82, 2.24) is 0 Å². The molecule has 0 aliphatic carbocycles. The maximum Gasteiger partial charge on any atom is 0.167 e. The van der Waals surface area contributed by atoms with Crippen LogP contribution in [0.2, 0.25) is 0 Å². The number of ketones is 1. The molecule has 0 aromatic heterocycles. The van der Waals surface area contributed by atoms with E-state index in [4.69, 9.17) is 0 Å². The molecule has 3 heteroatoms. The van der Waals surface area contributed by atoms with E-state index < -0.39 is 5.82 Å². The van der Waals surface area contributed by atoms with Crippen molar-refractivity contribution in [2.45, 2.75) is 6.42 Å². The highest BCUT2D eigenvalue weighted by atomic mass is 79.9. The van der Waals surface area contributed by atoms with Crippen molar-refractivity contribution in [2.75, 3.05) is 0 Å². The Kier molecular flexibility index (Phi) is 3.84. The minimum absolute atomic E-state index is 0.0854. The zero-order chi connectivity index (χ0) is 14.8. The molecule has 0 heterocycles. The van der Waals surface area contributed by atoms with Gasteiger partial charge in [-0.15, -0.1) is 0 Å². The lowest BCUT2D eigenvalue weighted by Crippen LogP contribution is -2.04. The molecule has 3 rings (SSSR count). The van der Waals surface area contributed by atoms with Gasteiger partial charge < -0.3 is 0 Å². The molecular formula is C18H12BrFO. The van der Waals surface area contributed by atoms with Crippen LogP contribution in [-0.2, 0) is 6.42 Å². The molecule has 3 aromatic carbocycles. The molecule has 0 atom stereocenters. The van der Waals surface area contributed by atoms with Crippen LogP contribution in [0.1, 0.15) is 15.9 Å². The summed E-state index contributed by atoms with van der Waals surface area (Å²) in [4.78, 5) is 12.3. The fourth-order valence-corrected chi connectivity index (χ4v) is 2.64. The molecule has 0 radical (unpaired) electrons. The predicted molar refractivity (Wildman–Crippen MR) is 86.1 cm³/mol. The van der Waals surface area contributed by atoms with Crippen LogP contribution in [0.15, 0.2) is 65.1 Å². The summed E-state index contributed by atoms with van der Waals surface area (Å²) in [7, 11) is 0. The minimum atomic E-state index is -0.418. The topological polar surface area (TPSA) is 17.1 Å². The number of fused-ring (bicyclic) bond motifs is 1. The Morgan fingerprint density at radius 1 is 1.00 bits per heavy atom. The summed E-state index contributed by atoms with van der Waals surface area (Å²) in [5.74, 6) is -0.503. The van der Waals surface area contributed by atoms with Gasteiger partial charge in [-0.1, -0.05) is 48.5 Å². The van der Waals surface area contributed by atoms with Crippen molar-refractivity contribution in [1.29, 1.82) is 0 Å². The molecule has 0 aliphatic heterocycles. The summed E-state index contributed by atoms with van der Waals surface area (Å²) in [6, 6.07) is 18.3. The van der Waals surface area contributed by atoms with Gasteiger partial charge in [0.1, 0.15) is 5.82 Å². The zero-order valence-electron chi connectivity index (χ0n) is 11.1. The molecule has 0 spiro atoms. The SMILES string of the molecule is O=C(Cc1cccc2ccccc12)c1ccc(Br)c(F)c1. The van der Waals surface area contributed by atoms with Crippen LogP contribution < -0.4 is 0 Å². The van der Waals surface area contributed by atoms with Crippen LogP contribution in [0, 0.1) is 5.82 Å². The van der Waals surface area contributed by atoms with E-state index in [0.29, 0.717) is 10.0 Å². The fraction of sp³-hybridized carbons (Fsp3) is 0.0556. The second kappa shape index (κ2) is 5.78. The van der Waals surface area contributed by atoms with E-state index in [1.165, 1.54) is 6.07 Å². The number of carbonyl (C=O) groups excluding carboxylic acids is 1. The normalized spacial score (nSPS) is 10.8. The molecule has 0 bridgehead atoms. The Hall–Kier alpha value is -2.00. The first-order valence-corrected chi connectivity index (χ1v) is 7.39. The molecular weight excluding hydrogens is 331 g/mol. The van der Waals surface area contributed by atoms with E-state index in [2.05, 4.69) is 15.9 Å². The van der Waals surface area contributed by atoms with E-state index in [1.807, 2.05) is 42.5 Å². The first-order valence-electron chi connectivity index (χ1n) is 6.60. The number of carbonyl (C=O) groups is 1. The Morgan fingerprint density at radius 3 is 2.57 bits per heavy atom. The molecule has 3 aromatic rings. The Morgan fingerprint density at radius 2 is 1.76 bits per heavy atom. The van der Waals surface area contributed by atoms with Crippen molar-refractivity contribution in [3.05, 3.63) is 82.1 Å². The van der Waals surface area contributed by atoms with Gasteiger partial charge in [0, 0.05) is 12.0 Å². The third-order valence-corrected chi connectivity index (χ3v) is 4.12. The number of Topliss-reactive ketones (excluding diaryl/α,β-unsaturated/α-hetero) is 1. The number of benzene rings is 3. The molecule has 0 amide bonds. The maximum atomic E-state index is 13.5. The molecule has 1 nitrogen and oxygen atoms in total. The molecule has 0 fully saturated rings. The van der Waals surface area contributed by atoms with E-state index in [-0.39, 0.29) is 12.2 Å². The zero-order valence-corrected chi connectivity index (χ0v) is 12.7. The van der Waals surface area contributed by atoms with Crippen LogP contribution in [-0.4, -0.2) is 5.78 Å². The Bertz CT molecular complexity index is 821. The van der Waals surface area contributed by atoms with Crippen LogP contribution in [0.25, 0.3) is 10.8 Å². The van der Waals surface area contributed by atoms with Crippen LogP contribution >= 0.6 is 15.9 Å². The second-order valence-electron chi connectivity index (χ2n) is 4.87. The lowest BCUT2D eigenvalue weighted by molar-refractivity contribution is 0.0993. The summed E-state index contributed by atoms with van der Waals surface area (Å²) in [5.41, 5.74) is 1.35. The van der Waals surface area contributed by atoms with Gasteiger partial charge in [-0.05, 0) is 44.4 Å². The molecule has 0 aliphatic rings. The van der Waals surface area contributed by atoms with Crippen molar-refractivity contribution in [3.63, 3.8) is 0 Å². The van der Waals surface area contributed by atoms with Crippen molar-refractivity contribution >= 4 is 32.5 Å². The highest BCUT2D eigenvalue weighted by Crippen LogP contribution is 2.21. The summed E-state index contributed by atoms with van der Waals surface area (Å²) >= 11 is 3.09. The van der Waals surface area contributed by atoms with Gasteiger partial charge in [-0.25, -0.2) is 4.39 Å². The Balaban J connectivity index is 1.94. The fourth-order valence-electron chi connectivity index (χ4n) is 2.39. The molecule has 0 saturated heterocycles. The monoisotopic (exact) mass is 342 g/mol. The van der Waals surface area contributed by atoms with E-state index in [0.717, 1.165) is 16.3 Å². The first kappa shape index (κ1) is 14.0. The standard InChI is InChI=1S/C18H12BrFO/c19-16-9-8-14(10-17(16)20)18(21)11-13-6-3-5-12-4-1-2-7-15(12)13/h1-10H,11H2. The largest absolute Gasteiger partial charge is 0.294 e. The first-order chi connectivity index (χ1) is 10.1. The van der Waals surface area contributed by atoms with Crippen molar-refractivity contribution in [3.8, 4) is 0 Å². The molecule has 0 N–H and O–H groups in total. The maximum absolute atomic E-state index is 13.5. The molecule has 0 unspecified atom stereocenters. The van der Waals surface area contributed by atoms with E-state index in [1.54, 1.807) is 12.1 Å². The van der Waals surface area contributed by atoms with Crippen LogP contribution in [0.4, 0.5) is 4.39 Å². The van der Waals surface area contributed by atoms with Gasteiger partial charge in [-0.3, -0.25) is 4.79 Å².